The van der Waals surface area contributed by atoms with Crippen LogP contribution in [0.1, 0.15) is 10.4 Å². The molecule has 1 N–H and O–H groups in total. The minimum atomic E-state index is -1.13. The predicted molar refractivity (Wildman–Crippen MR) is 103 cm³/mol. The third-order valence-electron chi connectivity index (χ3n) is 4.84. The Balaban J connectivity index is 1.82. The van der Waals surface area contributed by atoms with Gasteiger partial charge in [0.1, 0.15) is 0 Å². The molecule has 28 heavy (non-hydrogen) atoms. The number of rotatable bonds is 7. The van der Waals surface area contributed by atoms with E-state index in [1.54, 1.807) is 0 Å². The molecule has 2 aromatic rings. The van der Waals surface area contributed by atoms with Crippen LogP contribution in [0.15, 0.2) is 22.7 Å². The van der Waals surface area contributed by atoms with E-state index in [0.29, 0.717) is 24.5 Å². The van der Waals surface area contributed by atoms with Crippen LogP contribution in [-0.4, -0.2) is 86.5 Å². The standard InChI is InChI=1S/C19H25FN4O4/c1-22(2)6-7-23-8-10-24(11-9-23)18-16(19(25)26)17(28-21-18)13-4-5-14(20)15(12-13)27-3/h4-5,12H,6-11H2,1-3H3,(H,25,26). The smallest absolute Gasteiger partial charge is 0.343 e. The van der Waals surface area contributed by atoms with Crippen LogP contribution in [0.4, 0.5) is 10.2 Å². The third kappa shape index (κ3) is 4.26. The lowest BCUT2D eigenvalue weighted by Gasteiger charge is -2.35. The Labute approximate surface area is 163 Å². The normalized spacial score (nSPS) is 15.2. The maximum Gasteiger partial charge on any atom is 0.343 e. The molecule has 1 saturated heterocycles. The minimum absolute atomic E-state index is 0.0151. The number of likely N-dealkylation sites (N-methyl/N-ethyl adjacent to an activating group) is 1. The molecule has 1 aromatic heterocycles. The molecule has 1 fully saturated rings. The molecule has 152 valence electrons. The van der Waals surface area contributed by atoms with Gasteiger partial charge in [-0.2, -0.15) is 0 Å². The van der Waals surface area contributed by atoms with Gasteiger partial charge in [-0.1, -0.05) is 5.16 Å². The van der Waals surface area contributed by atoms with Crippen LogP contribution in [0.5, 0.6) is 5.75 Å². The van der Waals surface area contributed by atoms with E-state index in [1.807, 2.05) is 19.0 Å². The van der Waals surface area contributed by atoms with Crippen molar-refractivity contribution in [1.82, 2.24) is 15.0 Å². The summed E-state index contributed by atoms with van der Waals surface area (Å²) in [7, 11) is 5.43. The van der Waals surface area contributed by atoms with Crippen molar-refractivity contribution in [3.8, 4) is 17.1 Å². The van der Waals surface area contributed by atoms with E-state index in [0.717, 1.165) is 26.2 Å². The fourth-order valence-electron chi connectivity index (χ4n) is 3.21. The van der Waals surface area contributed by atoms with E-state index < -0.39 is 11.8 Å². The molecule has 3 rings (SSSR count). The summed E-state index contributed by atoms with van der Waals surface area (Å²) in [6, 6.07) is 4.07. The minimum Gasteiger partial charge on any atom is -0.494 e. The second-order valence-electron chi connectivity index (χ2n) is 7.00. The number of benzene rings is 1. The van der Waals surface area contributed by atoms with Gasteiger partial charge in [-0.15, -0.1) is 0 Å². The van der Waals surface area contributed by atoms with Gasteiger partial charge < -0.3 is 24.2 Å². The number of nitrogens with zero attached hydrogens (tertiary/aromatic N) is 4. The number of carbonyl (C=O) groups is 1. The van der Waals surface area contributed by atoms with Crippen LogP contribution in [0.2, 0.25) is 0 Å². The summed E-state index contributed by atoms with van der Waals surface area (Å²) >= 11 is 0. The molecule has 0 bridgehead atoms. The number of hydrogen-bond acceptors (Lipinski definition) is 7. The van der Waals surface area contributed by atoms with E-state index in [4.69, 9.17) is 9.26 Å². The summed E-state index contributed by atoms with van der Waals surface area (Å²) in [6.45, 7) is 4.89. The fraction of sp³-hybridized carbons (Fsp3) is 0.474. The fourth-order valence-corrected chi connectivity index (χ4v) is 3.21. The second kappa shape index (κ2) is 8.57. The molecule has 0 spiro atoms. The lowest BCUT2D eigenvalue weighted by molar-refractivity contribution is 0.0697. The molecule has 8 nitrogen and oxygen atoms in total. The molecule has 0 saturated carbocycles. The van der Waals surface area contributed by atoms with Crippen LogP contribution in [0.25, 0.3) is 11.3 Å². The van der Waals surface area contributed by atoms with Crippen molar-refractivity contribution < 1.29 is 23.6 Å². The number of halogens is 1. The van der Waals surface area contributed by atoms with Crippen molar-refractivity contribution in [2.45, 2.75) is 0 Å². The monoisotopic (exact) mass is 392 g/mol. The first-order valence-electron chi connectivity index (χ1n) is 9.09. The summed E-state index contributed by atoms with van der Waals surface area (Å²) < 4.78 is 24.0. The molecule has 0 atom stereocenters. The van der Waals surface area contributed by atoms with Crippen molar-refractivity contribution in [1.29, 1.82) is 0 Å². The van der Waals surface area contributed by atoms with E-state index >= 15 is 0 Å². The SMILES string of the molecule is COc1cc(-c2onc(N3CCN(CCN(C)C)CC3)c2C(=O)O)ccc1F. The highest BCUT2D eigenvalue weighted by Crippen LogP contribution is 2.34. The highest BCUT2D eigenvalue weighted by molar-refractivity contribution is 5.99. The number of anilines is 1. The predicted octanol–water partition coefficient (Wildman–Crippen LogP) is 1.87. The molecule has 9 heteroatoms. The molecule has 0 radical (unpaired) electrons. The number of aromatic carboxylic acids is 1. The Hall–Kier alpha value is -2.65. The van der Waals surface area contributed by atoms with Gasteiger partial charge in [0.25, 0.3) is 0 Å². The van der Waals surface area contributed by atoms with Crippen molar-refractivity contribution in [3.05, 3.63) is 29.6 Å². The summed E-state index contributed by atoms with van der Waals surface area (Å²) in [4.78, 5) is 18.3. The van der Waals surface area contributed by atoms with Gasteiger partial charge in [0.05, 0.1) is 7.11 Å². The first-order valence-corrected chi connectivity index (χ1v) is 9.09. The van der Waals surface area contributed by atoms with Gasteiger partial charge >= 0.3 is 5.97 Å². The zero-order valence-corrected chi connectivity index (χ0v) is 16.3. The Bertz CT molecular complexity index is 831. The van der Waals surface area contributed by atoms with Gasteiger partial charge in [-0.25, -0.2) is 9.18 Å². The van der Waals surface area contributed by atoms with E-state index in [2.05, 4.69) is 15.0 Å². The van der Waals surface area contributed by atoms with Crippen LogP contribution >= 0.6 is 0 Å². The number of hydrogen-bond donors (Lipinski definition) is 1. The summed E-state index contributed by atoms with van der Waals surface area (Å²) in [6.07, 6.45) is 0. The lowest BCUT2D eigenvalue weighted by atomic mass is 10.1. The Morgan fingerprint density at radius 1 is 1.32 bits per heavy atom. The number of methoxy groups -OCH3 is 1. The maximum atomic E-state index is 13.7. The van der Waals surface area contributed by atoms with Crippen LogP contribution in [0.3, 0.4) is 0 Å². The Morgan fingerprint density at radius 2 is 2.04 bits per heavy atom. The van der Waals surface area contributed by atoms with Crippen molar-refractivity contribution >= 4 is 11.8 Å². The van der Waals surface area contributed by atoms with Gasteiger partial charge in [-0.05, 0) is 32.3 Å². The maximum absolute atomic E-state index is 13.7. The highest BCUT2D eigenvalue weighted by Gasteiger charge is 2.29. The number of piperazine rings is 1. The van der Waals surface area contributed by atoms with Crippen molar-refractivity contribution in [2.75, 3.05) is 65.4 Å². The molecule has 1 aliphatic heterocycles. The van der Waals surface area contributed by atoms with Crippen LogP contribution < -0.4 is 9.64 Å². The summed E-state index contributed by atoms with van der Waals surface area (Å²) in [5.74, 6) is -1.25. The number of ether oxygens (including phenoxy) is 1. The van der Waals surface area contributed by atoms with E-state index in [9.17, 15) is 14.3 Å². The first kappa shape index (κ1) is 20.1. The topological polar surface area (TPSA) is 82.3 Å². The van der Waals surface area contributed by atoms with Crippen LogP contribution in [0, 0.1) is 5.82 Å². The Kier molecular flexibility index (Phi) is 6.15. The van der Waals surface area contributed by atoms with E-state index in [1.165, 1.54) is 25.3 Å². The summed E-state index contributed by atoms with van der Waals surface area (Å²) in [5.41, 5.74) is 0.384. The number of carboxylic acids is 1. The molecule has 1 aromatic carbocycles. The molecule has 0 unspecified atom stereocenters. The largest absolute Gasteiger partial charge is 0.494 e. The zero-order valence-electron chi connectivity index (χ0n) is 16.3. The average Bonchev–Trinajstić information content (AvgIpc) is 3.12. The third-order valence-corrected chi connectivity index (χ3v) is 4.84. The molecular weight excluding hydrogens is 367 g/mol. The molecular formula is C19H25FN4O4. The number of carboxylic acid groups (broad SMARTS) is 1. The summed E-state index contributed by atoms with van der Waals surface area (Å²) in [5, 5.41) is 13.8. The van der Waals surface area contributed by atoms with Crippen molar-refractivity contribution in [2.24, 2.45) is 0 Å². The first-order chi connectivity index (χ1) is 13.4. The van der Waals surface area contributed by atoms with Gasteiger partial charge in [0.2, 0.25) is 0 Å². The number of aromatic nitrogens is 1. The van der Waals surface area contributed by atoms with Gasteiger partial charge in [0.15, 0.2) is 28.7 Å². The average molecular weight is 392 g/mol. The Morgan fingerprint density at radius 3 is 2.64 bits per heavy atom. The second-order valence-corrected chi connectivity index (χ2v) is 7.00. The van der Waals surface area contributed by atoms with Gasteiger partial charge in [-0.3, -0.25) is 4.90 Å². The molecule has 2 heterocycles. The quantitative estimate of drug-likeness (QED) is 0.765. The lowest BCUT2D eigenvalue weighted by Crippen LogP contribution is -2.48. The van der Waals surface area contributed by atoms with Gasteiger partial charge in [0, 0.05) is 44.8 Å². The highest BCUT2D eigenvalue weighted by atomic mass is 19.1. The van der Waals surface area contributed by atoms with E-state index in [-0.39, 0.29) is 17.1 Å². The molecule has 0 aliphatic carbocycles. The zero-order chi connectivity index (χ0) is 20.3. The van der Waals surface area contributed by atoms with Crippen LogP contribution in [-0.2, 0) is 0 Å². The molecule has 1 aliphatic rings. The molecule has 0 amide bonds. The van der Waals surface area contributed by atoms with Crippen molar-refractivity contribution in [3.63, 3.8) is 0 Å².